The van der Waals surface area contributed by atoms with Crippen LogP contribution < -0.4 is 0 Å². The van der Waals surface area contributed by atoms with E-state index in [0.717, 1.165) is 6.42 Å². The number of carbonyl (C=O) groups is 2. The van der Waals surface area contributed by atoms with Crippen LogP contribution in [0.1, 0.15) is 73.2 Å². The maximum atomic E-state index is 13.7. The van der Waals surface area contributed by atoms with E-state index >= 15 is 0 Å². The summed E-state index contributed by atoms with van der Waals surface area (Å²) in [5.41, 5.74) is -1.45. The number of likely N-dealkylation sites (tertiary alicyclic amines) is 2. The minimum Gasteiger partial charge on any atom is -0.444 e. The lowest BCUT2D eigenvalue weighted by Crippen LogP contribution is -2.74. The van der Waals surface area contributed by atoms with Crippen molar-refractivity contribution in [2.75, 3.05) is 13.1 Å². The van der Waals surface area contributed by atoms with Gasteiger partial charge in [-0.1, -0.05) is 20.8 Å². The summed E-state index contributed by atoms with van der Waals surface area (Å²) in [6.45, 7) is 19.5. The van der Waals surface area contributed by atoms with Crippen molar-refractivity contribution in [1.82, 2.24) is 19.8 Å². The number of carbonyl (C=O) groups excluding carboxylic acids is 2. The van der Waals surface area contributed by atoms with E-state index in [1.807, 2.05) is 27.7 Å². The van der Waals surface area contributed by atoms with Crippen molar-refractivity contribution in [3.8, 4) is 0 Å². The molecule has 2 aliphatic heterocycles. The largest absolute Gasteiger partial charge is 0.444 e. The van der Waals surface area contributed by atoms with Crippen LogP contribution in [0.2, 0.25) is 18.1 Å². The number of ether oxygens (including phenoxy) is 1. The van der Waals surface area contributed by atoms with Crippen molar-refractivity contribution in [1.29, 1.82) is 0 Å². The fraction of sp³-hybridized carbons (Fsp3) is 0.750. The van der Waals surface area contributed by atoms with E-state index in [-0.39, 0.29) is 17.0 Å². The summed E-state index contributed by atoms with van der Waals surface area (Å²) in [5, 5.41) is 0.0303. The maximum absolute atomic E-state index is 13.7. The molecule has 0 aliphatic carbocycles. The molecule has 184 valence electrons. The summed E-state index contributed by atoms with van der Waals surface area (Å²) < 4.78 is 12.3. The maximum Gasteiger partial charge on any atom is 0.411 e. The molecule has 2 amide bonds. The monoisotopic (exact) mass is 476 g/mol. The van der Waals surface area contributed by atoms with Gasteiger partial charge in [0.25, 0.3) is 5.91 Å². The van der Waals surface area contributed by atoms with Crippen LogP contribution in [0, 0.1) is 0 Å². The summed E-state index contributed by atoms with van der Waals surface area (Å²) in [4.78, 5) is 39.0. The molecule has 1 spiro atoms. The first kappa shape index (κ1) is 25.6. The Morgan fingerprint density at radius 1 is 1.15 bits per heavy atom. The average Bonchev–Trinajstić information content (AvgIpc) is 3.13. The topological polar surface area (TPSA) is 84.9 Å². The first-order valence-corrected chi connectivity index (χ1v) is 14.8. The van der Waals surface area contributed by atoms with E-state index in [4.69, 9.17) is 9.16 Å². The van der Waals surface area contributed by atoms with Crippen molar-refractivity contribution in [2.24, 2.45) is 0 Å². The third-order valence-corrected chi connectivity index (χ3v) is 11.7. The molecule has 0 radical (unpaired) electrons. The Kier molecular flexibility index (Phi) is 6.72. The molecule has 0 N–H and O–H groups in total. The highest BCUT2D eigenvalue weighted by Crippen LogP contribution is 2.45. The van der Waals surface area contributed by atoms with E-state index in [2.05, 4.69) is 43.8 Å². The number of hydrogen-bond donors (Lipinski definition) is 0. The van der Waals surface area contributed by atoms with Crippen LogP contribution in [0.3, 0.4) is 0 Å². The second kappa shape index (κ2) is 8.65. The second-order valence-electron chi connectivity index (χ2n) is 11.8. The van der Waals surface area contributed by atoms with Crippen molar-refractivity contribution in [3.63, 3.8) is 0 Å². The number of rotatable bonds is 5. The Bertz CT molecular complexity index is 881. The van der Waals surface area contributed by atoms with Crippen LogP contribution in [0.25, 0.3) is 0 Å². The van der Waals surface area contributed by atoms with Gasteiger partial charge in [0.2, 0.25) is 0 Å². The molecule has 1 aromatic heterocycles. The predicted octanol–water partition coefficient (Wildman–Crippen LogP) is 4.54. The van der Waals surface area contributed by atoms with Gasteiger partial charge in [0.05, 0.1) is 12.6 Å². The summed E-state index contributed by atoms with van der Waals surface area (Å²) in [7, 11) is -2.10. The molecular formula is C24H40N4O4Si. The number of amides is 2. The molecule has 3 unspecified atom stereocenters. The van der Waals surface area contributed by atoms with Crippen LogP contribution in [-0.4, -0.2) is 70.4 Å². The quantitative estimate of drug-likeness (QED) is 0.458. The highest BCUT2D eigenvalue weighted by Gasteiger charge is 2.63. The molecule has 2 saturated heterocycles. The van der Waals surface area contributed by atoms with Crippen molar-refractivity contribution < 1.29 is 18.8 Å². The lowest BCUT2D eigenvalue weighted by molar-refractivity contribution is -0.169. The van der Waals surface area contributed by atoms with Crippen molar-refractivity contribution >= 4 is 20.3 Å². The number of aromatic nitrogens is 2. The average molecular weight is 477 g/mol. The molecule has 9 heteroatoms. The molecule has 0 bridgehead atoms. The van der Waals surface area contributed by atoms with Gasteiger partial charge in [-0.05, 0) is 64.7 Å². The normalized spacial score (nSPS) is 23.5. The third kappa shape index (κ3) is 4.94. The van der Waals surface area contributed by atoms with E-state index < -0.39 is 31.6 Å². The molecule has 0 saturated carbocycles. The minimum absolute atomic E-state index is 0.0303. The lowest BCUT2D eigenvalue weighted by atomic mass is 9.83. The molecule has 3 heterocycles. The summed E-state index contributed by atoms with van der Waals surface area (Å²) in [5.74, 6) is 0.489. The Morgan fingerprint density at radius 2 is 1.76 bits per heavy atom. The van der Waals surface area contributed by atoms with Crippen LogP contribution in [0.5, 0.6) is 0 Å². The Labute approximate surface area is 199 Å². The van der Waals surface area contributed by atoms with Crippen molar-refractivity contribution in [3.05, 3.63) is 24.3 Å². The molecule has 33 heavy (non-hydrogen) atoms. The van der Waals surface area contributed by atoms with Gasteiger partial charge in [-0.15, -0.1) is 0 Å². The zero-order valence-corrected chi connectivity index (χ0v) is 22.6. The molecule has 2 aliphatic rings. The smallest absolute Gasteiger partial charge is 0.411 e. The summed E-state index contributed by atoms with van der Waals surface area (Å²) >= 11 is 0. The first-order chi connectivity index (χ1) is 15.1. The fourth-order valence-electron chi connectivity index (χ4n) is 4.44. The third-order valence-electron chi connectivity index (χ3n) is 7.11. The molecule has 8 nitrogen and oxygen atoms in total. The Balaban J connectivity index is 1.87. The van der Waals surface area contributed by atoms with Crippen LogP contribution in [0.15, 0.2) is 18.5 Å². The number of nitrogens with zero attached hydrogens (tertiary/aromatic N) is 4. The highest BCUT2D eigenvalue weighted by atomic mass is 28.4. The highest BCUT2D eigenvalue weighted by molar-refractivity contribution is 6.74. The van der Waals surface area contributed by atoms with E-state index in [1.54, 1.807) is 28.3 Å². The number of β-lactam (4-membered cyclic amide) rings is 1. The van der Waals surface area contributed by atoms with Gasteiger partial charge in [-0.2, -0.15) is 0 Å². The molecule has 3 rings (SSSR count). The first-order valence-electron chi connectivity index (χ1n) is 11.9. The van der Waals surface area contributed by atoms with Crippen molar-refractivity contribution in [2.45, 2.75) is 103 Å². The van der Waals surface area contributed by atoms with Gasteiger partial charge in [0.1, 0.15) is 17.2 Å². The lowest BCUT2D eigenvalue weighted by Gasteiger charge is -2.54. The van der Waals surface area contributed by atoms with E-state index in [9.17, 15) is 9.59 Å². The number of hydrogen-bond acceptors (Lipinski definition) is 6. The standard InChI is InChI=1S/C24H40N4O4Si/c1-17(32-33(8,9)23(5,6)7)18(19-25-13-11-14-26-19)27-16-24(20(27)29)12-10-15-28(24)21(30)31-22(2,3)4/h11,13-14,17-18H,10,12,15-16H2,1-9H3. The second-order valence-corrected chi connectivity index (χ2v) is 16.6. The predicted molar refractivity (Wildman–Crippen MR) is 129 cm³/mol. The Morgan fingerprint density at radius 3 is 2.27 bits per heavy atom. The van der Waals surface area contributed by atoms with Gasteiger partial charge >= 0.3 is 6.09 Å². The molecular weight excluding hydrogens is 436 g/mol. The van der Waals surface area contributed by atoms with Gasteiger partial charge < -0.3 is 14.1 Å². The van der Waals surface area contributed by atoms with Gasteiger partial charge in [-0.3, -0.25) is 9.69 Å². The van der Waals surface area contributed by atoms with Crippen LogP contribution in [0.4, 0.5) is 4.79 Å². The summed E-state index contributed by atoms with van der Waals surface area (Å²) in [6, 6.07) is 1.35. The molecule has 0 aromatic carbocycles. The fourth-order valence-corrected chi connectivity index (χ4v) is 5.85. The van der Waals surface area contributed by atoms with Gasteiger partial charge in [0, 0.05) is 18.9 Å². The zero-order chi connectivity index (χ0) is 24.8. The van der Waals surface area contributed by atoms with Gasteiger partial charge in [0.15, 0.2) is 14.1 Å². The van der Waals surface area contributed by atoms with E-state index in [1.165, 1.54) is 0 Å². The van der Waals surface area contributed by atoms with Gasteiger partial charge in [-0.25, -0.2) is 14.8 Å². The molecule has 1 aromatic rings. The SMILES string of the molecule is CC(O[Si](C)(C)C(C)(C)C)C(c1ncccn1)N1CC2(CCCN2C(=O)OC(C)(C)C)C1=O. The summed E-state index contributed by atoms with van der Waals surface area (Å²) in [6.07, 6.45) is 4.09. The minimum atomic E-state index is -2.10. The molecule has 2 fully saturated rings. The van der Waals surface area contributed by atoms with Crippen LogP contribution >= 0.6 is 0 Å². The zero-order valence-electron chi connectivity index (χ0n) is 21.6. The van der Waals surface area contributed by atoms with Crippen LogP contribution in [-0.2, 0) is 14.0 Å². The van der Waals surface area contributed by atoms with E-state index in [0.29, 0.717) is 25.3 Å². The molecule has 3 atom stereocenters. The Hall–Kier alpha value is -2.00.